The Kier molecular flexibility index (Phi) is 4.03. The number of benzene rings is 1. The van der Waals surface area contributed by atoms with Crippen molar-refractivity contribution in [3.8, 4) is 0 Å². The van der Waals surface area contributed by atoms with Crippen LogP contribution in [-0.2, 0) is 11.2 Å². The molecule has 1 unspecified atom stereocenters. The van der Waals surface area contributed by atoms with Crippen LogP contribution in [0.5, 0.6) is 0 Å². The number of carbonyl (C=O) groups excluding carboxylic acids is 1. The van der Waals surface area contributed by atoms with Gasteiger partial charge in [-0.05, 0) is 52.0 Å². The molecule has 0 spiro atoms. The van der Waals surface area contributed by atoms with Gasteiger partial charge in [0.2, 0.25) is 5.91 Å². The molecule has 1 amide bonds. The van der Waals surface area contributed by atoms with Crippen LogP contribution in [0.2, 0.25) is 0 Å². The number of halogens is 1. The van der Waals surface area contributed by atoms with Crippen molar-refractivity contribution >= 4 is 27.7 Å². The highest BCUT2D eigenvalue weighted by atomic mass is 79.9. The molecule has 3 rings (SSSR count). The summed E-state index contributed by atoms with van der Waals surface area (Å²) in [5.74, 6) is 0.535. The predicted molar refractivity (Wildman–Crippen MR) is 86.2 cm³/mol. The number of anilines is 1. The largest absolute Gasteiger partial charge is 0.309 e. The molecule has 1 aromatic heterocycles. The third kappa shape index (κ3) is 2.99. The van der Waals surface area contributed by atoms with E-state index < -0.39 is 0 Å². The van der Waals surface area contributed by atoms with Crippen LogP contribution < -0.4 is 10.6 Å². The number of hydrogen-bond donors (Lipinski definition) is 2. The van der Waals surface area contributed by atoms with Gasteiger partial charge in [0.05, 0.1) is 0 Å². The lowest BCUT2D eigenvalue weighted by Crippen LogP contribution is -2.38. The summed E-state index contributed by atoms with van der Waals surface area (Å²) in [5.41, 5.74) is 3.22. The summed E-state index contributed by atoms with van der Waals surface area (Å²) < 4.78 is 0.902. The summed E-state index contributed by atoms with van der Waals surface area (Å²) in [7, 11) is 0. The molecular weight excluding hydrogens is 330 g/mol. The maximum Gasteiger partial charge on any atom is 0.247 e. The highest BCUT2D eigenvalue weighted by Gasteiger charge is 2.26. The second kappa shape index (κ2) is 5.95. The number of amides is 1. The van der Waals surface area contributed by atoms with Crippen LogP contribution in [0.4, 0.5) is 5.82 Å². The molecule has 1 aliphatic heterocycles. The molecule has 2 N–H and O–H groups in total. The van der Waals surface area contributed by atoms with E-state index in [1.807, 2.05) is 31.2 Å². The lowest BCUT2D eigenvalue weighted by molar-refractivity contribution is -0.118. The molecule has 21 heavy (non-hydrogen) atoms. The number of nitrogens with one attached hydrogen (secondary N) is 2. The Labute approximate surface area is 132 Å². The van der Waals surface area contributed by atoms with Crippen molar-refractivity contribution in [1.29, 1.82) is 0 Å². The van der Waals surface area contributed by atoms with Gasteiger partial charge in [-0.3, -0.25) is 4.79 Å². The second-order valence-electron chi connectivity index (χ2n) is 5.14. The van der Waals surface area contributed by atoms with Crippen LogP contribution in [0.3, 0.4) is 0 Å². The number of carbonyl (C=O) groups is 1. The number of rotatable bonds is 2. The topological polar surface area (TPSA) is 54.0 Å². The van der Waals surface area contributed by atoms with E-state index in [1.54, 1.807) is 6.20 Å². The van der Waals surface area contributed by atoms with Crippen LogP contribution in [0, 0.1) is 6.92 Å². The number of aromatic nitrogens is 1. The van der Waals surface area contributed by atoms with Crippen molar-refractivity contribution in [3.05, 3.63) is 57.7 Å². The van der Waals surface area contributed by atoms with E-state index in [4.69, 9.17) is 0 Å². The zero-order valence-corrected chi connectivity index (χ0v) is 13.3. The third-order valence-corrected chi connectivity index (χ3v) is 4.09. The standard InChI is InChI=1S/C16H16BrN3O/c1-10-8-12(17)9-19-15(10)20-16(21)14-13-5-3-2-4-11(13)6-7-18-14/h2-5,8-9,14,18H,6-7H2,1H3,(H,19,20,21). The van der Waals surface area contributed by atoms with Crippen LogP contribution in [0.25, 0.3) is 0 Å². The zero-order chi connectivity index (χ0) is 14.8. The molecule has 0 saturated heterocycles. The first-order valence-corrected chi connectivity index (χ1v) is 7.68. The number of hydrogen-bond acceptors (Lipinski definition) is 3. The van der Waals surface area contributed by atoms with E-state index in [1.165, 1.54) is 5.56 Å². The summed E-state index contributed by atoms with van der Waals surface area (Å²) >= 11 is 3.37. The minimum absolute atomic E-state index is 0.0694. The first-order chi connectivity index (χ1) is 10.1. The smallest absolute Gasteiger partial charge is 0.247 e. The van der Waals surface area contributed by atoms with Gasteiger partial charge in [-0.25, -0.2) is 4.98 Å². The Morgan fingerprint density at radius 2 is 2.24 bits per heavy atom. The van der Waals surface area contributed by atoms with Gasteiger partial charge in [0.15, 0.2) is 0 Å². The molecule has 1 aliphatic rings. The average Bonchev–Trinajstić information content (AvgIpc) is 2.49. The van der Waals surface area contributed by atoms with E-state index in [9.17, 15) is 4.79 Å². The number of nitrogens with zero attached hydrogens (tertiary/aromatic N) is 1. The molecule has 0 aliphatic carbocycles. The van der Waals surface area contributed by atoms with E-state index >= 15 is 0 Å². The van der Waals surface area contributed by atoms with Crippen LogP contribution in [0.1, 0.15) is 22.7 Å². The van der Waals surface area contributed by atoms with Gasteiger partial charge in [-0.15, -0.1) is 0 Å². The Morgan fingerprint density at radius 3 is 3.05 bits per heavy atom. The Balaban J connectivity index is 1.83. The number of aryl methyl sites for hydroxylation is 1. The van der Waals surface area contributed by atoms with Crippen molar-refractivity contribution in [2.45, 2.75) is 19.4 Å². The SMILES string of the molecule is Cc1cc(Br)cnc1NC(=O)C1NCCc2ccccc21. The number of pyridine rings is 1. The third-order valence-electron chi connectivity index (χ3n) is 3.66. The predicted octanol–water partition coefficient (Wildman–Crippen LogP) is 2.98. The normalized spacial score (nSPS) is 17.1. The summed E-state index contributed by atoms with van der Waals surface area (Å²) in [6.07, 6.45) is 2.64. The van der Waals surface area contributed by atoms with Gasteiger partial charge in [0.25, 0.3) is 0 Å². The zero-order valence-electron chi connectivity index (χ0n) is 11.7. The molecule has 0 radical (unpaired) electrons. The highest BCUT2D eigenvalue weighted by Crippen LogP contribution is 2.24. The maximum atomic E-state index is 12.5. The minimum Gasteiger partial charge on any atom is -0.309 e. The van der Waals surface area contributed by atoms with Crippen molar-refractivity contribution < 1.29 is 4.79 Å². The van der Waals surface area contributed by atoms with Gasteiger partial charge in [0.1, 0.15) is 11.9 Å². The highest BCUT2D eigenvalue weighted by molar-refractivity contribution is 9.10. The molecule has 1 aromatic carbocycles. The van der Waals surface area contributed by atoms with E-state index in [0.29, 0.717) is 5.82 Å². The van der Waals surface area contributed by atoms with Gasteiger partial charge in [-0.2, -0.15) is 0 Å². The van der Waals surface area contributed by atoms with E-state index in [-0.39, 0.29) is 11.9 Å². The van der Waals surface area contributed by atoms with Crippen LogP contribution in [-0.4, -0.2) is 17.4 Å². The van der Waals surface area contributed by atoms with Crippen molar-refractivity contribution in [2.24, 2.45) is 0 Å². The average molecular weight is 346 g/mol. The van der Waals surface area contributed by atoms with E-state index in [2.05, 4.69) is 37.6 Å². The van der Waals surface area contributed by atoms with Crippen LogP contribution >= 0.6 is 15.9 Å². The van der Waals surface area contributed by atoms with Gasteiger partial charge < -0.3 is 10.6 Å². The molecule has 4 nitrogen and oxygen atoms in total. The summed E-state index contributed by atoms with van der Waals surface area (Å²) in [4.78, 5) is 16.8. The second-order valence-corrected chi connectivity index (χ2v) is 6.06. The maximum absolute atomic E-state index is 12.5. The lowest BCUT2D eigenvalue weighted by Gasteiger charge is -2.26. The Bertz CT molecular complexity index is 687. The summed E-state index contributed by atoms with van der Waals surface area (Å²) in [6, 6.07) is 9.69. The van der Waals surface area contributed by atoms with Gasteiger partial charge >= 0.3 is 0 Å². The molecule has 2 heterocycles. The molecule has 1 atom stereocenters. The fraction of sp³-hybridized carbons (Fsp3) is 0.250. The quantitative estimate of drug-likeness (QED) is 0.879. The fourth-order valence-electron chi connectivity index (χ4n) is 2.60. The fourth-order valence-corrected chi connectivity index (χ4v) is 3.04. The molecule has 2 aromatic rings. The Morgan fingerprint density at radius 1 is 1.43 bits per heavy atom. The van der Waals surface area contributed by atoms with Crippen molar-refractivity contribution in [1.82, 2.24) is 10.3 Å². The molecule has 0 bridgehead atoms. The lowest BCUT2D eigenvalue weighted by atomic mass is 9.94. The first kappa shape index (κ1) is 14.2. The first-order valence-electron chi connectivity index (χ1n) is 6.89. The minimum atomic E-state index is -0.320. The monoisotopic (exact) mass is 345 g/mol. The van der Waals surface area contributed by atoms with Crippen LogP contribution in [0.15, 0.2) is 41.0 Å². The molecule has 5 heteroatoms. The van der Waals surface area contributed by atoms with Gasteiger partial charge in [-0.1, -0.05) is 24.3 Å². The molecule has 0 saturated carbocycles. The van der Waals surface area contributed by atoms with Crippen molar-refractivity contribution in [2.75, 3.05) is 11.9 Å². The molecule has 108 valence electrons. The Hall–Kier alpha value is -1.72. The van der Waals surface area contributed by atoms with Crippen molar-refractivity contribution in [3.63, 3.8) is 0 Å². The molecular formula is C16H16BrN3O. The van der Waals surface area contributed by atoms with Gasteiger partial charge in [0, 0.05) is 17.2 Å². The summed E-state index contributed by atoms with van der Waals surface area (Å²) in [6.45, 7) is 2.73. The van der Waals surface area contributed by atoms with E-state index in [0.717, 1.165) is 28.6 Å². The summed E-state index contributed by atoms with van der Waals surface area (Å²) in [5, 5.41) is 6.19. The number of fused-ring (bicyclic) bond motifs is 1. The molecule has 0 fully saturated rings.